The predicted molar refractivity (Wildman–Crippen MR) is 137 cm³/mol. The van der Waals surface area contributed by atoms with Crippen LogP contribution in [0.5, 0.6) is 0 Å². The molecule has 0 aliphatic heterocycles. The number of fused-ring (bicyclic) bond motifs is 1. The van der Waals surface area contributed by atoms with Crippen molar-refractivity contribution in [3.8, 4) is 11.3 Å². The Morgan fingerprint density at radius 1 is 1.03 bits per heavy atom. The maximum atomic E-state index is 13.6. The second kappa shape index (κ2) is 9.40. The van der Waals surface area contributed by atoms with Gasteiger partial charge in [0, 0.05) is 49.4 Å². The number of aromatic nitrogens is 9. The largest absolute Gasteiger partial charge is 0.319 e. The molecule has 5 heterocycles. The van der Waals surface area contributed by atoms with Gasteiger partial charge in [-0.1, -0.05) is 6.92 Å². The van der Waals surface area contributed by atoms with Crippen molar-refractivity contribution in [2.75, 3.05) is 5.32 Å². The van der Waals surface area contributed by atoms with Crippen LogP contribution in [0.25, 0.3) is 22.3 Å². The minimum Gasteiger partial charge on any atom is -0.319 e. The molecular weight excluding hydrogens is 456 g/mol. The Morgan fingerprint density at radius 2 is 1.83 bits per heavy atom. The molecule has 0 aromatic carbocycles. The quantitative estimate of drug-likeness (QED) is 0.359. The van der Waals surface area contributed by atoms with Gasteiger partial charge in [0.1, 0.15) is 0 Å². The van der Waals surface area contributed by atoms with Crippen LogP contribution in [0.15, 0.2) is 37.1 Å². The van der Waals surface area contributed by atoms with E-state index in [1.165, 1.54) is 0 Å². The summed E-state index contributed by atoms with van der Waals surface area (Å²) in [7, 11) is 1.89. The molecule has 5 aromatic heterocycles. The summed E-state index contributed by atoms with van der Waals surface area (Å²) in [6.07, 6.45) is 9.98. The molecule has 11 nitrogen and oxygen atoms in total. The predicted octanol–water partition coefficient (Wildman–Crippen LogP) is 3.57. The molecule has 0 aliphatic rings. The summed E-state index contributed by atoms with van der Waals surface area (Å²) in [4.78, 5) is 18.5. The van der Waals surface area contributed by atoms with E-state index in [2.05, 4.69) is 32.6 Å². The average Bonchev–Trinajstić information content (AvgIpc) is 3.64. The number of anilines is 1. The maximum Gasteiger partial charge on any atom is 0.256 e. The number of pyridine rings is 1. The van der Waals surface area contributed by atoms with E-state index < -0.39 is 0 Å². The standard InChI is InChI=1S/C25H30N10O/c1-6-8-35-24-23(16(3)31-35)20(9-22(30-24)21-12-26-32(5)17(21)4)25(36)29-19-11-28-34(15-19)14-18-10-27-33(7-2)13-18/h9-13,15H,6-8,14H2,1-5H3,(H,29,36). The SMILES string of the molecule is CCCn1nc(C)c2c(C(=O)Nc3cnn(Cc4cnn(CC)c4)c3)cc(-c3cnn(C)c3C)nc21. The van der Waals surface area contributed by atoms with Crippen LogP contribution in [-0.2, 0) is 26.7 Å². The molecule has 0 saturated carbocycles. The van der Waals surface area contributed by atoms with Gasteiger partial charge in [-0.25, -0.2) is 9.67 Å². The van der Waals surface area contributed by atoms with Crippen molar-refractivity contribution in [1.29, 1.82) is 0 Å². The van der Waals surface area contributed by atoms with E-state index in [1.54, 1.807) is 21.8 Å². The van der Waals surface area contributed by atoms with Crippen molar-refractivity contribution in [3.05, 3.63) is 59.6 Å². The minimum absolute atomic E-state index is 0.234. The molecule has 0 saturated heterocycles. The summed E-state index contributed by atoms with van der Waals surface area (Å²) in [5.74, 6) is -0.234. The zero-order valence-corrected chi connectivity index (χ0v) is 21.2. The molecule has 0 atom stereocenters. The highest BCUT2D eigenvalue weighted by Crippen LogP contribution is 2.29. The number of nitrogens with zero attached hydrogens (tertiary/aromatic N) is 9. The van der Waals surface area contributed by atoms with E-state index >= 15 is 0 Å². The summed E-state index contributed by atoms with van der Waals surface area (Å²) in [6.45, 7) is 10.1. The van der Waals surface area contributed by atoms with E-state index in [0.29, 0.717) is 29.1 Å². The minimum atomic E-state index is -0.234. The van der Waals surface area contributed by atoms with Gasteiger partial charge in [0.2, 0.25) is 0 Å². The monoisotopic (exact) mass is 486 g/mol. The molecule has 0 aliphatic carbocycles. The van der Waals surface area contributed by atoms with E-state index in [4.69, 9.17) is 4.98 Å². The number of carbonyl (C=O) groups is 1. The molecule has 1 amide bonds. The van der Waals surface area contributed by atoms with E-state index in [-0.39, 0.29) is 5.91 Å². The van der Waals surface area contributed by atoms with E-state index in [0.717, 1.165) is 47.4 Å². The van der Waals surface area contributed by atoms with Gasteiger partial charge < -0.3 is 5.32 Å². The summed E-state index contributed by atoms with van der Waals surface area (Å²) in [5, 5.41) is 21.5. The molecule has 5 aromatic rings. The summed E-state index contributed by atoms with van der Waals surface area (Å²) >= 11 is 0. The first-order valence-electron chi connectivity index (χ1n) is 12.1. The van der Waals surface area contributed by atoms with Crippen LogP contribution in [0.3, 0.4) is 0 Å². The molecule has 5 rings (SSSR count). The molecule has 0 unspecified atom stereocenters. The molecular formula is C25H30N10O. The third kappa shape index (κ3) is 4.28. The number of aryl methyl sites for hydroxylation is 4. The number of amides is 1. The number of hydrogen-bond acceptors (Lipinski definition) is 6. The second-order valence-electron chi connectivity index (χ2n) is 8.91. The summed E-state index contributed by atoms with van der Waals surface area (Å²) < 4.78 is 7.34. The number of nitrogens with one attached hydrogen (secondary N) is 1. The van der Waals surface area contributed by atoms with Crippen LogP contribution in [0.2, 0.25) is 0 Å². The zero-order valence-electron chi connectivity index (χ0n) is 21.2. The van der Waals surface area contributed by atoms with Crippen molar-refractivity contribution < 1.29 is 4.79 Å². The summed E-state index contributed by atoms with van der Waals surface area (Å²) in [6, 6.07) is 1.83. The first-order chi connectivity index (χ1) is 17.4. The van der Waals surface area contributed by atoms with Crippen LogP contribution in [0.1, 0.15) is 47.6 Å². The van der Waals surface area contributed by atoms with Crippen molar-refractivity contribution >= 4 is 22.6 Å². The third-order valence-corrected chi connectivity index (χ3v) is 6.31. The lowest BCUT2D eigenvalue weighted by Crippen LogP contribution is -2.13. The topological polar surface area (TPSA) is 113 Å². The molecule has 0 bridgehead atoms. The summed E-state index contributed by atoms with van der Waals surface area (Å²) in [5.41, 5.74) is 6.21. The van der Waals surface area contributed by atoms with Gasteiger partial charge in [-0.05, 0) is 33.3 Å². The van der Waals surface area contributed by atoms with Gasteiger partial charge in [0.05, 0.1) is 53.2 Å². The molecule has 0 fully saturated rings. The van der Waals surface area contributed by atoms with Gasteiger partial charge in [0.25, 0.3) is 5.91 Å². The molecule has 186 valence electrons. The normalized spacial score (nSPS) is 11.5. The Balaban J connectivity index is 1.49. The van der Waals surface area contributed by atoms with E-state index in [1.807, 2.05) is 61.8 Å². The highest BCUT2D eigenvalue weighted by Gasteiger charge is 2.22. The highest BCUT2D eigenvalue weighted by molar-refractivity contribution is 6.13. The van der Waals surface area contributed by atoms with Crippen molar-refractivity contribution in [2.45, 2.75) is 53.8 Å². The Bertz CT molecular complexity index is 1550. The first-order valence-corrected chi connectivity index (χ1v) is 12.1. The van der Waals surface area contributed by atoms with Gasteiger partial charge >= 0.3 is 0 Å². The van der Waals surface area contributed by atoms with Gasteiger partial charge in [-0.15, -0.1) is 0 Å². The van der Waals surface area contributed by atoms with Crippen LogP contribution >= 0.6 is 0 Å². The Labute approximate surface area is 208 Å². The van der Waals surface area contributed by atoms with Crippen LogP contribution in [0, 0.1) is 13.8 Å². The second-order valence-corrected chi connectivity index (χ2v) is 8.91. The molecule has 0 radical (unpaired) electrons. The fraction of sp³-hybridized carbons (Fsp3) is 0.360. The Kier molecular flexibility index (Phi) is 6.13. The lowest BCUT2D eigenvalue weighted by Gasteiger charge is -2.09. The Hall–Kier alpha value is -4.28. The first kappa shape index (κ1) is 23.5. The lowest BCUT2D eigenvalue weighted by atomic mass is 10.1. The smallest absolute Gasteiger partial charge is 0.256 e. The van der Waals surface area contributed by atoms with E-state index in [9.17, 15) is 4.79 Å². The zero-order chi connectivity index (χ0) is 25.4. The molecule has 1 N–H and O–H groups in total. The van der Waals surface area contributed by atoms with Crippen molar-refractivity contribution in [1.82, 2.24) is 44.1 Å². The van der Waals surface area contributed by atoms with Crippen LogP contribution in [0.4, 0.5) is 5.69 Å². The van der Waals surface area contributed by atoms with Crippen LogP contribution in [-0.4, -0.2) is 50.0 Å². The maximum absolute atomic E-state index is 13.6. The highest BCUT2D eigenvalue weighted by atomic mass is 16.1. The third-order valence-electron chi connectivity index (χ3n) is 6.31. The molecule has 36 heavy (non-hydrogen) atoms. The number of hydrogen-bond donors (Lipinski definition) is 1. The van der Waals surface area contributed by atoms with Crippen molar-refractivity contribution in [3.63, 3.8) is 0 Å². The fourth-order valence-corrected chi connectivity index (χ4v) is 4.35. The molecule has 0 spiro atoms. The average molecular weight is 487 g/mol. The number of carbonyl (C=O) groups excluding carboxylic acids is 1. The fourth-order valence-electron chi connectivity index (χ4n) is 4.35. The van der Waals surface area contributed by atoms with Crippen molar-refractivity contribution in [2.24, 2.45) is 7.05 Å². The van der Waals surface area contributed by atoms with Gasteiger partial charge in [-0.2, -0.15) is 20.4 Å². The van der Waals surface area contributed by atoms with Gasteiger partial charge in [-0.3, -0.25) is 18.8 Å². The van der Waals surface area contributed by atoms with Gasteiger partial charge in [0.15, 0.2) is 5.65 Å². The number of rotatable bonds is 8. The molecule has 11 heteroatoms. The van der Waals surface area contributed by atoms with Crippen LogP contribution < -0.4 is 5.32 Å². The lowest BCUT2D eigenvalue weighted by molar-refractivity contribution is 0.102. The Morgan fingerprint density at radius 3 is 2.53 bits per heavy atom.